The lowest BCUT2D eigenvalue weighted by Crippen LogP contribution is -2.25. The van der Waals surface area contributed by atoms with Crippen LogP contribution in [-0.4, -0.2) is 11.9 Å². The zero-order chi connectivity index (χ0) is 18.4. The predicted octanol–water partition coefficient (Wildman–Crippen LogP) is 5.41. The van der Waals surface area contributed by atoms with E-state index >= 15 is 0 Å². The fourth-order valence-electron chi connectivity index (χ4n) is 3.03. The van der Waals surface area contributed by atoms with E-state index in [2.05, 4.69) is 36.2 Å². The molecule has 3 aromatic carbocycles. The van der Waals surface area contributed by atoms with Gasteiger partial charge in [-0.3, -0.25) is 4.79 Å². The Labute approximate surface area is 155 Å². The molecule has 0 aromatic heterocycles. The molecule has 3 heteroatoms. The first-order valence-electron chi connectivity index (χ1n) is 8.91. The van der Waals surface area contributed by atoms with Crippen molar-refractivity contribution in [1.29, 1.82) is 0 Å². The minimum absolute atomic E-state index is 0.00674. The number of nitrogens with one attached hydrogen (secondary N) is 1. The lowest BCUT2D eigenvalue weighted by Gasteiger charge is -2.29. The number of amides is 1. The van der Waals surface area contributed by atoms with Gasteiger partial charge in [0.1, 0.15) is 0 Å². The molecule has 0 unspecified atom stereocenters. The number of hydrogen-bond donors (Lipinski definition) is 1. The standard InChI is InChI=1S/C23H24N2O/c1-18(2)25(21-11-7-4-8-12-21)22-15-13-20(14-16-22)24-23(26)17-19-9-5-3-6-10-19/h3-16,18H,17H2,1-2H3,(H,24,26). The summed E-state index contributed by atoms with van der Waals surface area (Å²) >= 11 is 0. The molecule has 0 saturated heterocycles. The first kappa shape index (κ1) is 17.7. The summed E-state index contributed by atoms with van der Waals surface area (Å²) in [5.74, 6) is -0.00674. The zero-order valence-electron chi connectivity index (χ0n) is 15.2. The van der Waals surface area contributed by atoms with Crippen molar-refractivity contribution in [2.24, 2.45) is 0 Å². The predicted molar refractivity (Wildman–Crippen MR) is 109 cm³/mol. The molecular weight excluding hydrogens is 320 g/mol. The average molecular weight is 344 g/mol. The fraction of sp³-hybridized carbons (Fsp3) is 0.174. The number of anilines is 3. The Bertz CT molecular complexity index is 827. The maximum absolute atomic E-state index is 12.2. The zero-order valence-corrected chi connectivity index (χ0v) is 15.2. The highest BCUT2D eigenvalue weighted by Gasteiger charge is 2.13. The first-order chi connectivity index (χ1) is 12.6. The number of rotatable bonds is 6. The Morgan fingerprint density at radius 2 is 1.35 bits per heavy atom. The monoisotopic (exact) mass is 344 g/mol. The van der Waals surface area contributed by atoms with Gasteiger partial charge in [-0.15, -0.1) is 0 Å². The Morgan fingerprint density at radius 3 is 1.92 bits per heavy atom. The van der Waals surface area contributed by atoms with Crippen molar-refractivity contribution in [3.05, 3.63) is 90.5 Å². The van der Waals surface area contributed by atoms with Gasteiger partial charge in [-0.25, -0.2) is 0 Å². The molecule has 0 aliphatic heterocycles. The molecule has 1 N–H and O–H groups in total. The van der Waals surface area contributed by atoms with Gasteiger partial charge in [-0.2, -0.15) is 0 Å². The third kappa shape index (κ3) is 4.51. The van der Waals surface area contributed by atoms with Crippen LogP contribution in [0.15, 0.2) is 84.9 Å². The first-order valence-corrected chi connectivity index (χ1v) is 8.91. The SMILES string of the molecule is CC(C)N(c1ccccc1)c1ccc(NC(=O)Cc2ccccc2)cc1. The summed E-state index contributed by atoms with van der Waals surface area (Å²) in [5.41, 5.74) is 4.08. The van der Waals surface area contributed by atoms with Crippen LogP contribution in [0.25, 0.3) is 0 Å². The highest BCUT2D eigenvalue weighted by atomic mass is 16.1. The van der Waals surface area contributed by atoms with Crippen molar-refractivity contribution >= 4 is 23.0 Å². The second kappa shape index (κ2) is 8.34. The highest BCUT2D eigenvalue weighted by Crippen LogP contribution is 2.28. The van der Waals surface area contributed by atoms with Crippen molar-refractivity contribution < 1.29 is 4.79 Å². The number of benzene rings is 3. The van der Waals surface area contributed by atoms with Crippen molar-refractivity contribution in [2.75, 3.05) is 10.2 Å². The minimum Gasteiger partial charge on any atom is -0.339 e. The van der Waals surface area contributed by atoms with E-state index in [9.17, 15) is 4.79 Å². The van der Waals surface area contributed by atoms with Gasteiger partial charge in [-0.05, 0) is 55.8 Å². The fourth-order valence-corrected chi connectivity index (χ4v) is 3.03. The van der Waals surface area contributed by atoms with Crippen LogP contribution < -0.4 is 10.2 Å². The van der Waals surface area contributed by atoms with Crippen LogP contribution in [0.5, 0.6) is 0 Å². The topological polar surface area (TPSA) is 32.3 Å². The third-order valence-electron chi connectivity index (χ3n) is 4.19. The average Bonchev–Trinajstić information content (AvgIpc) is 2.65. The summed E-state index contributed by atoms with van der Waals surface area (Å²) in [6.45, 7) is 4.34. The van der Waals surface area contributed by atoms with E-state index in [4.69, 9.17) is 0 Å². The van der Waals surface area contributed by atoms with Gasteiger partial charge in [0.2, 0.25) is 5.91 Å². The van der Waals surface area contributed by atoms with Crippen LogP contribution in [0.1, 0.15) is 19.4 Å². The van der Waals surface area contributed by atoms with Crippen molar-refractivity contribution in [2.45, 2.75) is 26.3 Å². The van der Waals surface area contributed by atoms with Gasteiger partial charge in [0.15, 0.2) is 0 Å². The minimum atomic E-state index is -0.00674. The third-order valence-corrected chi connectivity index (χ3v) is 4.19. The molecule has 3 nitrogen and oxygen atoms in total. The summed E-state index contributed by atoms with van der Waals surface area (Å²) in [5, 5.41) is 2.97. The summed E-state index contributed by atoms with van der Waals surface area (Å²) < 4.78 is 0. The summed E-state index contributed by atoms with van der Waals surface area (Å²) in [6.07, 6.45) is 0.380. The molecule has 0 aliphatic rings. The van der Waals surface area contributed by atoms with E-state index in [0.29, 0.717) is 12.5 Å². The molecule has 0 bridgehead atoms. The van der Waals surface area contributed by atoms with Gasteiger partial charge in [0.25, 0.3) is 0 Å². The van der Waals surface area contributed by atoms with Crippen molar-refractivity contribution in [1.82, 2.24) is 0 Å². The molecule has 3 rings (SSSR count). The Morgan fingerprint density at radius 1 is 0.808 bits per heavy atom. The number of carbonyl (C=O) groups excluding carboxylic acids is 1. The van der Waals surface area contributed by atoms with Gasteiger partial charge in [-0.1, -0.05) is 48.5 Å². The second-order valence-electron chi connectivity index (χ2n) is 6.56. The van der Waals surface area contributed by atoms with Crippen LogP contribution in [0.4, 0.5) is 17.1 Å². The van der Waals surface area contributed by atoms with Crippen molar-refractivity contribution in [3.8, 4) is 0 Å². The summed E-state index contributed by atoms with van der Waals surface area (Å²) in [4.78, 5) is 14.5. The van der Waals surface area contributed by atoms with Crippen LogP contribution in [0, 0.1) is 0 Å². The van der Waals surface area contributed by atoms with Crippen LogP contribution in [0.3, 0.4) is 0 Å². The van der Waals surface area contributed by atoms with Gasteiger partial charge < -0.3 is 10.2 Å². The number of para-hydroxylation sites is 1. The lowest BCUT2D eigenvalue weighted by molar-refractivity contribution is -0.115. The van der Waals surface area contributed by atoms with Crippen molar-refractivity contribution in [3.63, 3.8) is 0 Å². The maximum atomic E-state index is 12.2. The largest absolute Gasteiger partial charge is 0.339 e. The summed E-state index contributed by atoms with van der Waals surface area (Å²) in [6, 6.07) is 28.4. The second-order valence-corrected chi connectivity index (χ2v) is 6.56. The van der Waals surface area contributed by atoms with Crippen LogP contribution in [-0.2, 0) is 11.2 Å². The Balaban J connectivity index is 1.70. The van der Waals surface area contributed by atoms with E-state index in [0.717, 1.165) is 22.6 Å². The van der Waals surface area contributed by atoms with Crippen LogP contribution >= 0.6 is 0 Å². The normalized spacial score (nSPS) is 10.6. The van der Waals surface area contributed by atoms with Gasteiger partial charge in [0, 0.05) is 23.1 Å². The van der Waals surface area contributed by atoms with E-state index in [1.165, 1.54) is 0 Å². The lowest BCUT2D eigenvalue weighted by atomic mass is 10.1. The molecule has 0 saturated carbocycles. The molecule has 0 radical (unpaired) electrons. The molecule has 1 amide bonds. The smallest absolute Gasteiger partial charge is 0.228 e. The van der Waals surface area contributed by atoms with E-state index in [1.807, 2.05) is 72.8 Å². The quantitative estimate of drug-likeness (QED) is 0.648. The molecule has 26 heavy (non-hydrogen) atoms. The molecule has 0 heterocycles. The molecular formula is C23H24N2O. The number of nitrogens with zero attached hydrogens (tertiary/aromatic N) is 1. The number of carbonyl (C=O) groups is 1. The summed E-state index contributed by atoms with van der Waals surface area (Å²) in [7, 11) is 0. The van der Waals surface area contributed by atoms with Gasteiger partial charge >= 0.3 is 0 Å². The van der Waals surface area contributed by atoms with Crippen LogP contribution in [0.2, 0.25) is 0 Å². The van der Waals surface area contributed by atoms with E-state index < -0.39 is 0 Å². The molecule has 0 spiro atoms. The molecule has 0 atom stereocenters. The molecule has 3 aromatic rings. The maximum Gasteiger partial charge on any atom is 0.228 e. The van der Waals surface area contributed by atoms with Gasteiger partial charge in [0.05, 0.1) is 6.42 Å². The number of hydrogen-bond acceptors (Lipinski definition) is 2. The van der Waals surface area contributed by atoms with E-state index in [1.54, 1.807) is 0 Å². The highest BCUT2D eigenvalue weighted by molar-refractivity contribution is 5.92. The molecule has 0 aliphatic carbocycles. The molecule has 132 valence electrons. The van der Waals surface area contributed by atoms with E-state index in [-0.39, 0.29) is 5.91 Å². The molecule has 0 fully saturated rings. The Kier molecular flexibility index (Phi) is 5.69. The Hall–Kier alpha value is -3.07.